The second-order valence-corrected chi connectivity index (χ2v) is 19.7. The number of piperidine rings is 1. The van der Waals surface area contributed by atoms with Gasteiger partial charge in [-0.05, 0) is 53.8 Å². The molecule has 0 bridgehead atoms. The normalized spacial score (nSPS) is 23.3. The van der Waals surface area contributed by atoms with Gasteiger partial charge in [-0.2, -0.15) is 0 Å². The zero-order valence-electron chi connectivity index (χ0n) is 31.9. The Balaban J connectivity index is 1.82. The van der Waals surface area contributed by atoms with E-state index in [-0.39, 0.29) is 47.4 Å². The highest BCUT2D eigenvalue weighted by Crippen LogP contribution is 2.65. The highest BCUT2D eigenvalue weighted by molar-refractivity contribution is 7.90. The van der Waals surface area contributed by atoms with Crippen LogP contribution in [0.5, 0.6) is 0 Å². The van der Waals surface area contributed by atoms with E-state index in [1.54, 1.807) is 0 Å². The number of likely N-dealkylation sites (N-methyl/N-ethyl adjacent to an activating group) is 1. The number of amides is 5. The number of ketones is 1. The lowest BCUT2D eigenvalue weighted by molar-refractivity contribution is -0.145. The fourth-order valence-electron chi connectivity index (χ4n) is 7.27. The standard InChI is InChI=1S/C36H62N6O7S/c1-12-14-15-25(28(43)31(45)37-18-13-2)39-30(44)27-26-24(36(26,9)10)21-42(27)32(46)29(35(6,7)8)40-33(47)38-22(19-34(3,4)5)20-41(11)50(48,49)23-16-17-23/h13,22-27,29H,2,12,14-21H2,1,3-11H3,(H,37,45)(H,39,44)(H2,38,40,47)/t22-,24-,25?,26-,27-,29+/m0/s1. The fourth-order valence-corrected chi connectivity index (χ4v) is 8.89. The smallest absolute Gasteiger partial charge is 0.315 e. The number of fused-ring (bicyclic) bond motifs is 1. The van der Waals surface area contributed by atoms with Crippen LogP contribution >= 0.6 is 0 Å². The van der Waals surface area contributed by atoms with Gasteiger partial charge in [0.2, 0.25) is 27.6 Å². The average Bonchev–Trinajstić information content (AvgIpc) is 3.88. The minimum absolute atomic E-state index is 0.0532. The van der Waals surface area contributed by atoms with Gasteiger partial charge in [0, 0.05) is 32.7 Å². The molecule has 6 atom stereocenters. The van der Waals surface area contributed by atoms with Crippen LogP contribution in [0.3, 0.4) is 0 Å². The Kier molecular flexibility index (Phi) is 13.0. The van der Waals surface area contributed by atoms with Crippen molar-refractivity contribution in [2.75, 3.05) is 26.7 Å². The molecular weight excluding hydrogens is 660 g/mol. The maximum absolute atomic E-state index is 14.4. The number of hydrogen-bond acceptors (Lipinski definition) is 7. The van der Waals surface area contributed by atoms with Gasteiger partial charge in [0.05, 0.1) is 11.3 Å². The number of carbonyl (C=O) groups excluding carboxylic acids is 5. The highest BCUT2D eigenvalue weighted by atomic mass is 32.2. The number of nitrogens with one attached hydrogen (secondary N) is 4. The van der Waals surface area contributed by atoms with E-state index in [0.29, 0.717) is 32.2 Å². The predicted octanol–water partition coefficient (Wildman–Crippen LogP) is 2.96. The van der Waals surface area contributed by atoms with Crippen LogP contribution in [0.1, 0.15) is 101 Å². The Bertz CT molecular complexity index is 1410. The molecule has 0 spiro atoms. The molecule has 0 aromatic rings. The van der Waals surface area contributed by atoms with Crippen LogP contribution in [-0.2, 0) is 29.2 Å². The molecule has 14 heteroatoms. The van der Waals surface area contributed by atoms with E-state index in [1.165, 1.54) is 22.3 Å². The van der Waals surface area contributed by atoms with Gasteiger partial charge < -0.3 is 26.2 Å². The van der Waals surface area contributed by atoms with Crippen LogP contribution in [0.2, 0.25) is 0 Å². The number of rotatable bonds is 17. The molecule has 1 unspecified atom stereocenters. The average molecular weight is 723 g/mol. The van der Waals surface area contributed by atoms with Crippen molar-refractivity contribution < 1.29 is 32.4 Å². The van der Waals surface area contributed by atoms with Crippen LogP contribution in [0.25, 0.3) is 0 Å². The summed E-state index contributed by atoms with van der Waals surface area (Å²) in [4.78, 5) is 69.3. The van der Waals surface area contributed by atoms with Crippen LogP contribution in [0.15, 0.2) is 12.7 Å². The molecule has 3 aliphatic rings. The summed E-state index contributed by atoms with van der Waals surface area (Å²) in [6.07, 6.45) is 4.87. The molecule has 0 radical (unpaired) electrons. The summed E-state index contributed by atoms with van der Waals surface area (Å²) in [5.74, 6) is -2.57. The molecular formula is C36H62N6O7S. The second-order valence-electron chi connectivity index (χ2n) is 17.4. The van der Waals surface area contributed by atoms with E-state index in [1.807, 2.05) is 48.5 Å². The first kappa shape index (κ1) is 41.4. The Morgan fingerprint density at radius 3 is 2.16 bits per heavy atom. The lowest BCUT2D eigenvalue weighted by atomic mass is 9.85. The summed E-state index contributed by atoms with van der Waals surface area (Å²) >= 11 is 0. The molecule has 1 aliphatic heterocycles. The SMILES string of the molecule is C=CCNC(=O)C(=O)C(CCCC)NC(=O)[C@@H]1[C@@H]2[C@H](CN1C(=O)[C@@H](NC(=O)N[C@H](CN(C)S(=O)(=O)C1CC1)CC(C)(C)C)C(C)(C)C)C2(C)C. The molecule has 50 heavy (non-hydrogen) atoms. The Morgan fingerprint density at radius 1 is 1.02 bits per heavy atom. The molecule has 2 aliphatic carbocycles. The molecule has 5 amide bonds. The van der Waals surface area contributed by atoms with Gasteiger partial charge in [0.15, 0.2) is 0 Å². The number of Topliss-reactive ketones (excluding diaryl/α,β-unsaturated/α-hetero) is 1. The molecule has 2 saturated carbocycles. The largest absolute Gasteiger partial charge is 0.346 e. The van der Waals surface area contributed by atoms with Crippen molar-refractivity contribution in [1.82, 2.24) is 30.5 Å². The third kappa shape index (κ3) is 10.1. The lowest BCUT2D eigenvalue weighted by Gasteiger charge is -2.38. The molecule has 4 N–H and O–H groups in total. The number of sulfonamides is 1. The summed E-state index contributed by atoms with van der Waals surface area (Å²) < 4.78 is 27.1. The van der Waals surface area contributed by atoms with Gasteiger partial charge in [0.25, 0.3) is 5.91 Å². The van der Waals surface area contributed by atoms with Crippen LogP contribution in [-0.4, -0.2) is 103 Å². The number of hydrogen-bond donors (Lipinski definition) is 4. The minimum Gasteiger partial charge on any atom is -0.346 e. The molecule has 1 saturated heterocycles. The van der Waals surface area contributed by atoms with Crippen molar-refractivity contribution in [3.63, 3.8) is 0 Å². The lowest BCUT2D eigenvalue weighted by Crippen LogP contribution is -2.62. The van der Waals surface area contributed by atoms with Gasteiger partial charge in [0.1, 0.15) is 12.1 Å². The quantitative estimate of drug-likeness (QED) is 0.132. The molecule has 0 aromatic carbocycles. The maximum Gasteiger partial charge on any atom is 0.315 e. The summed E-state index contributed by atoms with van der Waals surface area (Å²) in [6.45, 7) is 21.6. The van der Waals surface area contributed by atoms with Crippen LogP contribution in [0.4, 0.5) is 4.79 Å². The number of unbranched alkanes of at least 4 members (excludes halogenated alkanes) is 1. The van der Waals surface area contributed by atoms with Gasteiger partial charge in [-0.25, -0.2) is 17.5 Å². The molecule has 1 heterocycles. The summed E-state index contributed by atoms with van der Waals surface area (Å²) in [6, 6.07) is -4.09. The van der Waals surface area contributed by atoms with Crippen molar-refractivity contribution in [1.29, 1.82) is 0 Å². The summed E-state index contributed by atoms with van der Waals surface area (Å²) in [5, 5.41) is 10.7. The molecule has 284 valence electrons. The number of urea groups is 1. The third-order valence-corrected chi connectivity index (χ3v) is 12.6. The molecule has 3 rings (SSSR count). The molecule has 3 fully saturated rings. The summed E-state index contributed by atoms with van der Waals surface area (Å²) in [7, 11) is -1.93. The van der Waals surface area contributed by atoms with Gasteiger partial charge in [-0.15, -0.1) is 6.58 Å². The first-order valence-corrected chi connectivity index (χ1v) is 19.5. The van der Waals surface area contributed by atoms with E-state index in [2.05, 4.69) is 41.7 Å². The topological polar surface area (TPSA) is 174 Å². The monoisotopic (exact) mass is 722 g/mol. The van der Waals surface area contributed by atoms with Gasteiger partial charge in [-0.1, -0.05) is 81.2 Å². The number of nitrogens with zero attached hydrogens (tertiary/aromatic N) is 2. The molecule has 13 nitrogen and oxygen atoms in total. The van der Waals surface area contributed by atoms with E-state index in [0.717, 1.165) is 6.42 Å². The van der Waals surface area contributed by atoms with E-state index < -0.39 is 69.1 Å². The van der Waals surface area contributed by atoms with Crippen molar-refractivity contribution in [3.8, 4) is 0 Å². The van der Waals surface area contributed by atoms with Gasteiger partial charge in [-0.3, -0.25) is 19.2 Å². The first-order valence-electron chi connectivity index (χ1n) is 18.0. The fraction of sp³-hybridized carbons (Fsp3) is 0.806. The third-order valence-electron chi connectivity index (χ3n) is 10.3. The highest BCUT2D eigenvalue weighted by Gasteiger charge is 2.70. The zero-order valence-corrected chi connectivity index (χ0v) is 32.7. The Labute approximate surface area is 299 Å². The predicted molar refractivity (Wildman–Crippen MR) is 193 cm³/mol. The van der Waals surface area contributed by atoms with E-state index in [9.17, 15) is 32.4 Å². The van der Waals surface area contributed by atoms with Crippen molar-refractivity contribution in [3.05, 3.63) is 12.7 Å². The Morgan fingerprint density at radius 2 is 1.64 bits per heavy atom. The van der Waals surface area contributed by atoms with Gasteiger partial charge >= 0.3 is 6.03 Å². The minimum atomic E-state index is -3.46. The van der Waals surface area contributed by atoms with Crippen molar-refractivity contribution in [2.24, 2.45) is 28.1 Å². The molecule has 0 aromatic heterocycles. The first-order chi connectivity index (χ1) is 23.0. The van der Waals surface area contributed by atoms with E-state index >= 15 is 0 Å². The van der Waals surface area contributed by atoms with Crippen LogP contribution < -0.4 is 21.3 Å². The maximum atomic E-state index is 14.4. The summed E-state index contributed by atoms with van der Waals surface area (Å²) in [5.41, 5.74) is -1.20. The van der Waals surface area contributed by atoms with Crippen LogP contribution in [0, 0.1) is 28.1 Å². The van der Waals surface area contributed by atoms with E-state index in [4.69, 9.17) is 0 Å². The van der Waals surface area contributed by atoms with Crippen molar-refractivity contribution in [2.45, 2.75) is 130 Å². The Hall–Kier alpha value is -3.00. The number of likely N-dealkylation sites (tertiary alicyclic amines) is 1. The zero-order chi connectivity index (χ0) is 38.0. The number of carbonyl (C=O) groups is 5. The second kappa shape index (κ2) is 15.7. The van der Waals surface area contributed by atoms with Crippen molar-refractivity contribution >= 4 is 39.6 Å².